The van der Waals surface area contributed by atoms with Crippen LogP contribution >= 0.6 is 0 Å². The Morgan fingerprint density at radius 3 is 2.39 bits per heavy atom. The van der Waals surface area contributed by atoms with E-state index in [4.69, 9.17) is 14.2 Å². The highest BCUT2D eigenvalue weighted by Crippen LogP contribution is 2.19. The number of ether oxygens (including phenoxy) is 3. The van der Waals surface area contributed by atoms with Crippen molar-refractivity contribution in [3.63, 3.8) is 0 Å². The summed E-state index contributed by atoms with van der Waals surface area (Å²) in [5.41, 5.74) is -0.308. The Hall–Kier alpha value is -0.610. The third kappa shape index (κ3) is 7.67. The third-order valence-corrected chi connectivity index (χ3v) is 2.88. The maximum absolute atomic E-state index is 11.3. The number of rotatable bonds is 6. The van der Waals surface area contributed by atoms with E-state index in [9.17, 15) is 4.79 Å². The summed E-state index contributed by atoms with van der Waals surface area (Å²) in [5.74, 6) is -0.322. The van der Waals surface area contributed by atoms with Crippen molar-refractivity contribution in [2.24, 2.45) is 0 Å². The van der Waals surface area contributed by atoms with Gasteiger partial charge in [0.2, 0.25) is 0 Å². The van der Waals surface area contributed by atoms with Crippen LogP contribution in [0.3, 0.4) is 0 Å². The van der Waals surface area contributed by atoms with Crippen molar-refractivity contribution in [1.29, 1.82) is 0 Å². The quantitative estimate of drug-likeness (QED) is 0.543. The fourth-order valence-electron chi connectivity index (χ4n) is 1.92. The molecule has 1 aliphatic rings. The molecule has 0 unspecified atom stereocenters. The first kappa shape index (κ1) is 15.4. The van der Waals surface area contributed by atoms with Gasteiger partial charge >= 0.3 is 5.97 Å². The van der Waals surface area contributed by atoms with Crippen LogP contribution in [-0.4, -0.2) is 37.5 Å². The van der Waals surface area contributed by atoms with Crippen molar-refractivity contribution in [2.75, 3.05) is 19.8 Å². The molecule has 0 aromatic rings. The average Bonchev–Trinajstić information content (AvgIpc) is 2.33. The number of carbonyl (C=O) groups is 1. The van der Waals surface area contributed by atoms with Gasteiger partial charge in [-0.15, -0.1) is 0 Å². The number of carbonyl (C=O) groups excluding carboxylic acids is 1. The van der Waals surface area contributed by atoms with Gasteiger partial charge in [-0.25, -0.2) is 4.79 Å². The third-order valence-electron chi connectivity index (χ3n) is 2.88. The molecule has 0 radical (unpaired) electrons. The van der Waals surface area contributed by atoms with Gasteiger partial charge in [0.1, 0.15) is 13.2 Å². The first-order valence-electron chi connectivity index (χ1n) is 6.88. The van der Waals surface area contributed by atoms with Crippen molar-refractivity contribution >= 4 is 5.97 Å². The van der Waals surface area contributed by atoms with Crippen molar-refractivity contribution in [2.45, 2.75) is 64.6 Å². The maximum atomic E-state index is 11.3. The predicted molar refractivity (Wildman–Crippen MR) is 69.5 cm³/mol. The average molecular weight is 258 g/mol. The van der Waals surface area contributed by atoms with E-state index in [2.05, 4.69) is 0 Å². The molecule has 106 valence electrons. The molecule has 1 rings (SSSR count). The summed E-state index contributed by atoms with van der Waals surface area (Å²) in [4.78, 5) is 11.3. The van der Waals surface area contributed by atoms with E-state index in [1.54, 1.807) is 0 Å². The first-order chi connectivity index (χ1) is 8.47. The maximum Gasteiger partial charge on any atom is 0.332 e. The Bertz CT molecular complexity index is 239. The molecule has 0 aliphatic heterocycles. The van der Waals surface area contributed by atoms with Crippen molar-refractivity contribution in [3.8, 4) is 0 Å². The van der Waals surface area contributed by atoms with E-state index in [-0.39, 0.29) is 18.2 Å². The minimum atomic E-state index is -0.322. The molecule has 4 heteroatoms. The smallest absolute Gasteiger partial charge is 0.332 e. The van der Waals surface area contributed by atoms with Crippen LogP contribution in [0, 0.1) is 0 Å². The monoisotopic (exact) mass is 258 g/mol. The molecular formula is C14H26O4. The highest BCUT2D eigenvalue weighted by molar-refractivity contribution is 5.70. The van der Waals surface area contributed by atoms with Crippen LogP contribution in [0.1, 0.15) is 52.9 Å². The van der Waals surface area contributed by atoms with E-state index in [1.165, 1.54) is 19.3 Å². The van der Waals surface area contributed by atoms with Gasteiger partial charge in [0.15, 0.2) is 0 Å². The van der Waals surface area contributed by atoms with Crippen LogP contribution in [0.2, 0.25) is 0 Å². The zero-order valence-corrected chi connectivity index (χ0v) is 11.9. The molecule has 1 aliphatic carbocycles. The van der Waals surface area contributed by atoms with Gasteiger partial charge in [-0.05, 0) is 33.6 Å². The lowest BCUT2D eigenvalue weighted by Gasteiger charge is -2.22. The lowest BCUT2D eigenvalue weighted by Crippen LogP contribution is -2.26. The molecular weight excluding hydrogens is 232 g/mol. The van der Waals surface area contributed by atoms with Crippen molar-refractivity contribution in [3.05, 3.63) is 0 Å². The van der Waals surface area contributed by atoms with Gasteiger partial charge in [0, 0.05) is 0 Å². The Morgan fingerprint density at radius 1 is 1.11 bits per heavy atom. The zero-order chi connectivity index (χ0) is 13.4. The molecule has 4 nitrogen and oxygen atoms in total. The topological polar surface area (TPSA) is 44.8 Å². The molecule has 18 heavy (non-hydrogen) atoms. The summed E-state index contributed by atoms with van der Waals surface area (Å²) in [6, 6.07) is 0. The highest BCUT2D eigenvalue weighted by atomic mass is 16.6. The van der Waals surface area contributed by atoms with E-state index in [0.29, 0.717) is 19.3 Å². The van der Waals surface area contributed by atoms with E-state index in [1.807, 2.05) is 20.8 Å². The minimum absolute atomic E-state index is 0.00687. The van der Waals surface area contributed by atoms with Crippen LogP contribution in [0.25, 0.3) is 0 Å². The highest BCUT2D eigenvalue weighted by Gasteiger charge is 2.15. The van der Waals surface area contributed by atoms with E-state index in [0.717, 1.165) is 12.8 Å². The SMILES string of the molecule is CC(C)(C)OCC(=O)OCCOC1CCCCC1. The van der Waals surface area contributed by atoms with Gasteiger partial charge in [0.05, 0.1) is 18.3 Å². The molecule has 0 aromatic heterocycles. The number of hydrogen-bond donors (Lipinski definition) is 0. The lowest BCUT2D eigenvalue weighted by molar-refractivity contribution is -0.156. The molecule has 1 fully saturated rings. The molecule has 0 atom stereocenters. The van der Waals surface area contributed by atoms with Gasteiger partial charge in [-0.3, -0.25) is 0 Å². The minimum Gasteiger partial charge on any atom is -0.462 e. The van der Waals surface area contributed by atoms with Gasteiger partial charge in [-0.2, -0.15) is 0 Å². The van der Waals surface area contributed by atoms with Crippen LogP contribution < -0.4 is 0 Å². The largest absolute Gasteiger partial charge is 0.462 e. The van der Waals surface area contributed by atoms with Crippen LogP contribution in [0.5, 0.6) is 0 Å². The van der Waals surface area contributed by atoms with E-state index >= 15 is 0 Å². The van der Waals surface area contributed by atoms with Crippen LogP contribution in [0.4, 0.5) is 0 Å². The molecule has 0 aromatic carbocycles. The number of hydrogen-bond acceptors (Lipinski definition) is 4. The summed E-state index contributed by atoms with van der Waals surface area (Å²) in [6.45, 7) is 6.55. The van der Waals surface area contributed by atoms with E-state index < -0.39 is 0 Å². The van der Waals surface area contributed by atoms with Gasteiger partial charge in [-0.1, -0.05) is 19.3 Å². The molecule has 0 bridgehead atoms. The molecule has 0 spiro atoms. The van der Waals surface area contributed by atoms with Gasteiger partial charge in [0.25, 0.3) is 0 Å². The Balaban J connectivity index is 1.98. The molecule has 0 N–H and O–H groups in total. The Kier molecular flexibility index (Phi) is 6.65. The Labute approximate surface area is 110 Å². The van der Waals surface area contributed by atoms with Crippen LogP contribution in [-0.2, 0) is 19.0 Å². The normalized spacial score (nSPS) is 17.7. The summed E-state index contributed by atoms with van der Waals surface area (Å²) < 4.78 is 16.0. The lowest BCUT2D eigenvalue weighted by atomic mass is 9.98. The van der Waals surface area contributed by atoms with Crippen molar-refractivity contribution in [1.82, 2.24) is 0 Å². The Morgan fingerprint density at radius 2 is 1.78 bits per heavy atom. The standard InChI is InChI=1S/C14H26O4/c1-14(2,3)18-11-13(15)17-10-9-16-12-7-5-4-6-8-12/h12H,4-11H2,1-3H3. The first-order valence-corrected chi connectivity index (χ1v) is 6.88. The molecule has 1 saturated carbocycles. The molecule has 0 saturated heterocycles. The second-order valence-corrected chi connectivity index (χ2v) is 5.75. The zero-order valence-electron chi connectivity index (χ0n) is 11.9. The fourth-order valence-corrected chi connectivity index (χ4v) is 1.92. The predicted octanol–water partition coefficient (Wildman–Crippen LogP) is 2.69. The summed E-state index contributed by atoms with van der Waals surface area (Å²) >= 11 is 0. The number of esters is 1. The van der Waals surface area contributed by atoms with Gasteiger partial charge < -0.3 is 14.2 Å². The molecule has 0 heterocycles. The van der Waals surface area contributed by atoms with Crippen molar-refractivity contribution < 1.29 is 19.0 Å². The fraction of sp³-hybridized carbons (Fsp3) is 0.929. The summed E-state index contributed by atoms with van der Waals surface area (Å²) in [6.07, 6.45) is 6.47. The summed E-state index contributed by atoms with van der Waals surface area (Å²) in [5, 5.41) is 0. The molecule has 0 amide bonds. The van der Waals surface area contributed by atoms with Crippen LogP contribution in [0.15, 0.2) is 0 Å². The second-order valence-electron chi connectivity index (χ2n) is 5.75. The summed E-state index contributed by atoms with van der Waals surface area (Å²) in [7, 11) is 0. The second kappa shape index (κ2) is 7.74.